The first kappa shape index (κ1) is 14.4. The lowest BCUT2D eigenvalue weighted by Crippen LogP contribution is -2.27. The molecular weight excluding hydrogens is 256 g/mol. The normalized spacial score (nSPS) is 17.4. The molecule has 0 saturated carbocycles. The van der Waals surface area contributed by atoms with Crippen molar-refractivity contribution >= 4 is 23.4 Å². The van der Waals surface area contributed by atoms with Crippen LogP contribution in [-0.4, -0.2) is 18.2 Å². The standard InChI is InChI=1S/C15H22N2OS/c1-3-5-9-19-11-6-7-12-13(10-11)17-15(18)14(12)16-8-4-2/h6-7,10,14,16H,3-5,8-9H2,1-2H3,(H,17,18). The minimum atomic E-state index is -0.176. The number of carbonyl (C=O) groups is 1. The van der Waals surface area contributed by atoms with E-state index in [4.69, 9.17) is 0 Å². The minimum absolute atomic E-state index is 0.0687. The lowest BCUT2D eigenvalue weighted by Gasteiger charge is -2.10. The third-order valence-corrected chi connectivity index (χ3v) is 4.30. The number of benzene rings is 1. The lowest BCUT2D eigenvalue weighted by molar-refractivity contribution is -0.117. The Kier molecular flexibility index (Phi) is 5.28. The molecule has 1 amide bonds. The number of amides is 1. The maximum atomic E-state index is 11.9. The molecule has 4 heteroatoms. The lowest BCUT2D eigenvalue weighted by atomic mass is 10.1. The molecular formula is C15H22N2OS. The van der Waals surface area contributed by atoms with E-state index in [1.54, 1.807) is 0 Å². The molecule has 0 fully saturated rings. The van der Waals surface area contributed by atoms with E-state index in [1.165, 1.54) is 17.7 Å². The quantitative estimate of drug-likeness (QED) is 0.592. The summed E-state index contributed by atoms with van der Waals surface area (Å²) in [5.41, 5.74) is 2.05. The summed E-state index contributed by atoms with van der Waals surface area (Å²) in [6.07, 6.45) is 3.48. The number of fused-ring (bicyclic) bond motifs is 1. The zero-order chi connectivity index (χ0) is 13.7. The zero-order valence-electron chi connectivity index (χ0n) is 11.7. The topological polar surface area (TPSA) is 41.1 Å². The van der Waals surface area contributed by atoms with Gasteiger partial charge in [-0.1, -0.05) is 26.3 Å². The highest BCUT2D eigenvalue weighted by molar-refractivity contribution is 7.99. The van der Waals surface area contributed by atoms with Gasteiger partial charge in [0.25, 0.3) is 0 Å². The molecule has 104 valence electrons. The average Bonchev–Trinajstić information content (AvgIpc) is 2.71. The molecule has 1 aromatic rings. The molecule has 1 heterocycles. The van der Waals surface area contributed by atoms with Gasteiger partial charge in [0.05, 0.1) is 0 Å². The van der Waals surface area contributed by atoms with Gasteiger partial charge in [0.1, 0.15) is 6.04 Å². The molecule has 1 aliphatic heterocycles. The second kappa shape index (κ2) is 6.96. The van der Waals surface area contributed by atoms with Crippen molar-refractivity contribution < 1.29 is 4.79 Å². The monoisotopic (exact) mass is 278 g/mol. The van der Waals surface area contributed by atoms with Crippen molar-refractivity contribution in [1.82, 2.24) is 5.32 Å². The van der Waals surface area contributed by atoms with E-state index >= 15 is 0 Å². The zero-order valence-corrected chi connectivity index (χ0v) is 12.5. The van der Waals surface area contributed by atoms with Gasteiger partial charge in [-0.2, -0.15) is 0 Å². The predicted molar refractivity (Wildman–Crippen MR) is 81.7 cm³/mol. The van der Waals surface area contributed by atoms with Crippen molar-refractivity contribution in [1.29, 1.82) is 0 Å². The van der Waals surface area contributed by atoms with Gasteiger partial charge in [0.2, 0.25) is 5.91 Å². The average molecular weight is 278 g/mol. The van der Waals surface area contributed by atoms with Gasteiger partial charge in [-0.3, -0.25) is 4.79 Å². The van der Waals surface area contributed by atoms with E-state index in [0.717, 1.165) is 30.0 Å². The number of unbranched alkanes of at least 4 members (excludes halogenated alkanes) is 1. The Hall–Kier alpha value is -1.00. The van der Waals surface area contributed by atoms with Gasteiger partial charge in [-0.25, -0.2) is 0 Å². The Bertz CT molecular complexity index is 448. The fraction of sp³-hybridized carbons (Fsp3) is 0.533. The van der Waals surface area contributed by atoms with Crippen LogP contribution in [-0.2, 0) is 4.79 Å². The maximum absolute atomic E-state index is 11.9. The summed E-state index contributed by atoms with van der Waals surface area (Å²) in [6.45, 7) is 5.17. The summed E-state index contributed by atoms with van der Waals surface area (Å²) in [6, 6.07) is 6.13. The van der Waals surface area contributed by atoms with Crippen LogP contribution in [0, 0.1) is 0 Å². The number of nitrogens with one attached hydrogen (secondary N) is 2. The molecule has 1 aliphatic rings. The minimum Gasteiger partial charge on any atom is -0.324 e. The molecule has 0 aromatic heterocycles. The van der Waals surface area contributed by atoms with Gasteiger partial charge in [0.15, 0.2) is 0 Å². The fourth-order valence-electron chi connectivity index (χ4n) is 2.16. The Morgan fingerprint density at radius 1 is 1.32 bits per heavy atom. The van der Waals surface area contributed by atoms with Crippen LogP contribution in [0.15, 0.2) is 23.1 Å². The van der Waals surface area contributed by atoms with E-state index < -0.39 is 0 Å². The van der Waals surface area contributed by atoms with Crippen molar-refractivity contribution in [2.24, 2.45) is 0 Å². The van der Waals surface area contributed by atoms with Gasteiger partial charge >= 0.3 is 0 Å². The van der Waals surface area contributed by atoms with E-state index in [-0.39, 0.29) is 11.9 Å². The summed E-state index contributed by atoms with van der Waals surface area (Å²) >= 11 is 1.86. The Labute approximate surface area is 119 Å². The van der Waals surface area contributed by atoms with E-state index in [1.807, 2.05) is 11.8 Å². The van der Waals surface area contributed by atoms with Crippen LogP contribution in [0.2, 0.25) is 0 Å². The first-order valence-corrected chi connectivity index (χ1v) is 8.05. The molecule has 0 bridgehead atoms. The van der Waals surface area contributed by atoms with Crippen LogP contribution in [0.4, 0.5) is 5.69 Å². The van der Waals surface area contributed by atoms with Crippen LogP contribution in [0.3, 0.4) is 0 Å². The number of carbonyl (C=O) groups excluding carboxylic acids is 1. The van der Waals surface area contributed by atoms with Gasteiger partial charge in [-0.05, 0) is 37.3 Å². The van der Waals surface area contributed by atoms with Crippen molar-refractivity contribution in [3.63, 3.8) is 0 Å². The third-order valence-electron chi connectivity index (χ3n) is 3.22. The molecule has 1 atom stereocenters. The second-order valence-corrected chi connectivity index (χ2v) is 6.00. The number of thioether (sulfide) groups is 1. The second-order valence-electron chi connectivity index (χ2n) is 4.83. The molecule has 3 nitrogen and oxygen atoms in total. The highest BCUT2D eigenvalue weighted by atomic mass is 32.2. The molecule has 1 aromatic carbocycles. The summed E-state index contributed by atoms with van der Waals surface area (Å²) in [5, 5.41) is 6.26. The smallest absolute Gasteiger partial charge is 0.246 e. The first-order chi connectivity index (χ1) is 9.26. The Morgan fingerprint density at radius 2 is 2.16 bits per heavy atom. The van der Waals surface area contributed by atoms with E-state index in [9.17, 15) is 4.79 Å². The molecule has 1 unspecified atom stereocenters. The molecule has 2 N–H and O–H groups in total. The number of hydrogen-bond acceptors (Lipinski definition) is 3. The van der Waals surface area contributed by atoms with Crippen molar-refractivity contribution in [3.8, 4) is 0 Å². The molecule has 0 saturated heterocycles. The van der Waals surface area contributed by atoms with Crippen LogP contribution in [0.5, 0.6) is 0 Å². The van der Waals surface area contributed by atoms with Crippen LogP contribution in [0.1, 0.15) is 44.7 Å². The summed E-state index contributed by atoms with van der Waals surface area (Å²) < 4.78 is 0. The van der Waals surface area contributed by atoms with E-state index in [0.29, 0.717) is 0 Å². The molecule has 0 radical (unpaired) electrons. The number of rotatable bonds is 7. The van der Waals surface area contributed by atoms with Crippen molar-refractivity contribution in [2.75, 3.05) is 17.6 Å². The van der Waals surface area contributed by atoms with Crippen LogP contribution in [0.25, 0.3) is 0 Å². The van der Waals surface area contributed by atoms with Gasteiger partial charge in [0, 0.05) is 16.1 Å². The maximum Gasteiger partial charge on any atom is 0.246 e. The highest BCUT2D eigenvalue weighted by Gasteiger charge is 2.29. The SMILES string of the molecule is CCCCSc1ccc2c(c1)NC(=O)C2NCCC. The fourth-order valence-corrected chi connectivity index (χ4v) is 3.19. The van der Waals surface area contributed by atoms with Crippen molar-refractivity contribution in [3.05, 3.63) is 23.8 Å². The first-order valence-electron chi connectivity index (χ1n) is 7.07. The Balaban J connectivity index is 2.06. The Morgan fingerprint density at radius 3 is 2.89 bits per heavy atom. The van der Waals surface area contributed by atoms with Crippen molar-refractivity contribution in [2.45, 2.75) is 44.0 Å². The number of anilines is 1. The molecule has 0 spiro atoms. The van der Waals surface area contributed by atoms with Crippen LogP contribution >= 0.6 is 11.8 Å². The number of hydrogen-bond donors (Lipinski definition) is 2. The summed E-state index contributed by atoms with van der Waals surface area (Å²) in [4.78, 5) is 13.2. The highest BCUT2D eigenvalue weighted by Crippen LogP contribution is 2.34. The predicted octanol–water partition coefficient (Wildman–Crippen LogP) is 3.57. The van der Waals surface area contributed by atoms with Gasteiger partial charge in [-0.15, -0.1) is 11.8 Å². The van der Waals surface area contributed by atoms with Crippen LogP contribution < -0.4 is 10.6 Å². The largest absolute Gasteiger partial charge is 0.324 e. The molecule has 19 heavy (non-hydrogen) atoms. The summed E-state index contributed by atoms with van der Waals surface area (Å²) in [5.74, 6) is 1.21. The molecule has 2 rings (SSSR count). The third kappa shape index (κ3) is 3.51. The van der Waals surface area contributed by atoms with Gasteiger partial charge < -0.3 is 10.6 Å². The summed E-state index contributed by atoms with van der Waals surface area (Å²) in [7, 11) is 0. The molecule has 0 aliphatic carbocycles. The van der Waals surface area contributed by atoms with E-state index in [2.05, 4.69) is 42.7 Å².